The topological polar surface area (TPSA) is 68.5 Å². The zero-order chi connectivity index (χ0) is 10.8. The molecule has 1 unspecified atom stereocenters. The van der Waals surface area contributed by atoms with Gasteiger partial charge in [0.1, 0.15) is 12.4 Å². The standard InChI is InChI=1S/C9H10ClN3O2/c10-6-1-2-8(12-4-6)13-7(3-11)5-15-9(13)14/h1-2,4,7H,3,5,11H2. The molecule has 1 amide bonds. The van der Waals surface area contributed by atoms with Gasteiger partial charge in [0.15, 0.2) is 0 Å². The van der Waals surface area contributed by atoms with Gasteiger partial charge >= 0.3 is 6.09 Å². The fourth-order valence-electron chi connectivity index (χ4n) is 1.43. The third-order valence-electron chi connectivity index (χ3n) is 2.19. The van der Waals surface area contributed by atoms with E-state index in [-0.39, 0.29) is 6.04 Å². The molecule has 2 heterocycles. The van der Waals surface area contributed by atoms with Crippen molar-refractivity contribution < 1.29 is 9.53 Å². The lowest BCUT2D eigenvalue weighted by molar-refractivity contribution is 0.179. The summed E-state index contributed by atoms with van der Waals surface area (Å²) in [4.78, 5) is 16.9. The van der Waals surface area contributed by atoms with E-state index in [1.807, 2.05) is 0 Å². The smallest absolute Gasteiger partial charge is 0.415 e. The summed E-state index contributed by atoms with van der Waals surface area (Å²) in [5.74, 6) is 0.511. The average molecular weight is 228 g/mol. The van der Waals surface area contributed by atoms with Crippen LogP contribution in [-0.2, 0) is 4.74 Å². The van der Waals surface area contributed by atoms with Gasteiger partial charge in [0, 0.05) is 12.7 Å². The van der Waals surface area contributed by atoms with Gasteiger partial charge in [0.2, 0.25) is 0 Å². The molecular weight excluding hydrogens is 218 g/mol. The van der Waals surface area contributed by atoms with E-state index in [0.717, 1.165) is 0 Å². The fraction of sp³-hybridized carbons (Fsp3) is 0.333. The van der Waals surface area contributed by atoms with Gasteiger partial charge in [-0.15, -0.1) is 0 Å². The largest absolute Gasteiger partial charge is 0.447 e. The third-order valence-corrected chi connectivity index (χ3v) is 2.42. The lowest BCUT2D eigenvalue weighted by atomic mass is 10.3. The summed E-state index contributed by atoms with van der Waals surface area (Å²) in [5.41, 5.74) is 5.53. The summed E-state index contributed by atoms with van der Waals surface area (Å²) in [7, 11) is 0. The lowest BCUT2D eigenvalue weighted by Crippen LogP contribution is -2.39. The Hall–Kier alpha value is -1.33. The van der Waals surface area contributed by atoms with E-state index in [1.54, 1.807) is 12.1 Å². The summed E-state index contributed by atoms with van der Waals surface area (Å²) in [6.07, 6.45) is 1.07. The number of hydrogen-bond acceptors (Lipinski definition) is 4. The van der Waals surface area contributed by atoms with Gasteiger partial charge in [0.25, 0.3) is 0 Å². The predicted octanol–water partition coefficient (Wildman–Crippen LogP) is 1.02. The van der Waals surface area contributed by atoms with E-state index in [2.05, 4.69) is 4.98 Å². The minimum Gasteiger partial charge on any atom is -0.447 e. The van der Waals surface area contributed by atoms with Crippen molar-refractivity contribution in [2.45, 2.75) is 6.04 Å². The second kappa shape index (κ2) is 4.04. The Bertz CT molecular complexity index is 368. The number of halogens is 1. The van der Waals surface area contributed by atoms with Gasteiger partial charge in [0.05, 0.1) is 11.1 Å². The van der Waals surface area contributed by atoms with E-state index >= 15 is 0 Å². The normalized spacial score (nSPS) is 20.5. The van der Waals surface area contributed by atoms with E-state index in [0.29, 0.717) is 24.0 Å². The summed E-state index contributed by atoms with van der Waals surface area (Å²) in [6, 6.07) is 3.19. The Kier molecular flexibility index (Phi) is 2.75. The minimum absolute atomic E-state index is 0.147. The van der Waals surface area contributed by atoms with Crippen molar-refractivity contribution in [2.24, 2.45) is 5.73 Å². The van der Waals surface area contributed by atoms with Gasteiger partial charge in [-0.3, -0.25) is 4.90 Å². The highest BCUT2D eigenvalue weighted by molar-refractivity contribution is 6.30. The molecule has 1 aromatic heterocycles. The van der Waals surface area contributed by atoms with Crippen molar-refractivity contribution in [3.63, 3.8) is 0 Å². The predicted molar refractivity (Wildman–Crippen MR) is 55.9 cm³/mol. The first kappa shape index (κ1) is 10.2. The van der Waals surface area contributed by atoms with Crippen LogP contribution in [-0.4, -0.2) is 30.3 Å². The van der Waals surface area contributed by atoms with E-state index in [1.165, 1.54) is 11.1 Å². The first-order valence-corrected chi connectivity index (χ1v) is 4.88. The number of ether oxygens (including phenoxy) is 1. The molecule has 1 saturated heterocycles. The van der Waals surface area contributed by atoms with Crippen LogP contribution in [0.25, 0.3) is 0 Å². The molecule has 1 atom stereocenters. The Morgan fingerprint density at radius 2 is 2.47 bits per heavy atom. The molecule has 1 aliphatic rings. The molecule has 0 radical (unpaired) electrons. The third kappa shape index (κ3) is 1.88. The number of rotatable bonds is 2. The molecule has 2 rings (SSSR count). The zero-order valence-corrected chi connectivity index (χ0v) is 8.65. The maximum atomic E-state index is 11.4. The molecule has 1 aromatic rings. The number of nitrogens with two attached hydrogens (primary N) is 1. The highest BCUT2D eigenvalue weighted by atomic mass is 35.5. The first-order valence-electron chi connectivity index (χ1n) is 4.50. The molecule has 0 aromatic carbocycles. The van der Waals surface area contributed by atoms with Crippen LogP contribution in [0.2, 0.25) is 5.02 Å². The van der Waals surface area contributed by atoms with E-state index in [9.17, 15) is 4.79 Å². The number of nitrogens with zero attached hydrogens (tertiary/aromatic N) is 2. The lowest BCUT2D eigenvalue weighted by Gasteiger charge is -2.18. The number of cyclic esters (lactones) is 1. The molecule has 80 valence electrons. The Labute approximate surface area is 91.8 Å². The first-order chi connectivity index (χ1) is 7.22. The number of anilines is 1. The van der Waals surface area contributed by atoms with Crippen LogP contribution >= 0.6 is 11.6 Å². The van der Waals surface area contributed by atoms with Crippen molar-refractivity contribution in [1.82, 2.24) is 4.98 Å². The molecule has 1 aliphatic heterocycles. The quantitative estimate of drug-likeness (QED) is 0.819. The molecule has 0 saturated carbocycles. The molecule has 0 spiro atoms. The summed E-state index contributed by atoms with van der Waals surface area (Å²) < 4.78 is 4.89. The summed E-state index contributed by atoms with van der Waals surface area (Å²) in [6.45, 7) is 0.648. The van der Waals surface area contributed by atoms with Crippen LogP contribution in [0.1, 0.15) is 0 Å². The average Bonchev–Trinajstić information content (AvgIpc) is 2.61. The second-order valence-electron chi connectivity index (χ2n) is 3.17. The number of aromatic nitrogens is 1. The molecule has 0 aliphatic carbocycles. The monoisotopic (exact) mass is 227 g/mol. The second-order valence-corrected chi connectivity index (χ2v) is 3.61. The fourth-order valence-corrected chi connectivity index (χ4v) is 1.54. The van der Waals surface area contributed by atoms with Crippen LogP contribution in [0.5, 0.6) is 0 Å². The molecule has 2 N–H and O–H groups in total. The van der Waals surface area contributed by atoms with Crippen LogP contribution in [0.3, 0.4) is 0 Å². The van der Waals surface area contributed by atoms with Crippen molar-refractivity contribution in [3.05, 3.63) is 23.4 Å². The molecule has 5 nitrogen and oxygen atoms in total. The number of carbonyl (C=O) groups is 1. The van der Waals surface area contributed by atoms with Gasteiger partial charge < -0.3 is 10.5 Å². The molecule has 0 bridgehead atoms. The van der Waals surface area contributed by atoms with Crippen molar-refractivity contribution >= 4 is 23.5 Å². The van der Waals surface area contributed by atoms with E-state index in [4.69, 9.17) is 22.1 Å². The van der Waals surface area contributed by atoms with Gasteiger partial charge in [-0.1, -0.05) is 11.6 Å². The maximum absolute atomic E-state index is 11.4. The van der Waals surface area contributed by atoms with Crippen LogP contribution in [0.15, 0.2) is 18.3 Å². The maximum Gasteiger partial charge on any atom is 0.415 e. The van der Waals surface area contributed by atoms with Gasteiger partial charge in [-0.25, -0.2) is 9.78 Å². The molecule has 15 heavy (non-hydrogen) atoms. The molecule has 1 fully saturated rings. The SMILES string of the molecule is NCC1COC(=O)N1c1ccc(Cl)cn1. The number of amides is 1. The highest BCUT2D eigenvalue weighted by Crippen LogP contribution is 2.21. The summed E-state index contributed by atoms with van der Waals surface area (Å²) in [5, 5.41) is 0.524. The molecular formula is C9H10ClN3O2. The Morgan fingerprint density at radius 3 is 3.07 bits per heavy atom. The van der Waals surface area contributed by atoms with Crippen LogP contribution in [0, 0.1) is 0 Å². The minimum atomic E-state index is -0.416. The van der Waals surface area contributed by atoms with Crippen LogP contribution in [0.4, 0.5) is 10.6 Å². The summed E-state index contributed by atoms with van der Waals surface area (Å²) >= 11 is 5.70. The highest BCUT2D eigenvalue weighted by Gasteiger charge is 2.33. The number of hydrogen-bond donors (Lipinski definition) is 1. The zero-order valence-electron chi connectivity index (χ0n) is 7.89. The van der Waals surface area contributed by atoms with Gasteiger partial charge in [-0.05, 0) is 12.1 Å². The van der Waals surface area contributed by atoms with Crippen molar-refractivity contribution in [2.75, 3.05) is 18.1 Å². The number of pyridine rings is 1. The van der Waals surface area contributed by atoms with Gasteiger partial charge in [-0.2, -0.15) is 0 Å². The Balaban J connectivity index is 2.28. The van der Waals surface area contributed by atoms with Crippen molar-refractivity contribution in [1.29, 1.82) is 0 Å². The number of carbonyl (C=O) groups excluding carboxylic acids is 1. The van der Waals surface area contributed by atoms with Crippen molar-refractivity contribution in [3.8, 4) is 0 Å². The Morgan fingerprint density at radius 1 is 1.67 bits per heavy atom. The molecule has 6 heteroatoms. The van der Waals surface area contributed by atoms with Crippen LogP contribution < -0.4 is 10.6 Å². The van der Waals surface area contributed by atoms with E-state index < -0.39 is 6.09 Å².